The summed E-state index contributed by atoms with van der Waals surface area (Å²) in [5, 5.41) is 5.51. The summed E-state index contributed by atoms with van der Waals surface area (Å²) in [5.74, 6) is 0.742. The van der Waals surface area contributed by atoms with Crippen molar-refractivity contribution in [2.45, 2.75) is 45.3 Å². The van der Waals surface area contributed by atoms with Crippen LogP contribution in [-0.2, 0) is 11.3 Å². The Labute approximate surface area is 147 Å². The van der Waals surface area contributed by atoms with Gasteiger partial charge in [0.1, 0.15) is 11.9 Å². The Morgan fingerprint density at radius 3 is 2.76 bits per heavy atom. The molecule has 25 heavy (non-hydrogen) atoms. The molecule has 2 aromatic rings. The number of fused-ring (bicyclic) bond motifs is 1. The molecule has 0 bridgehead atoms. The highest BCUT2D eigenvalue weighted by atomic mass is 16.2. The van der Waals surface area contributed by atoms with Gasteiger partial charge in [-0.25, -0.2) is 9.78 Å². The summed E-state index contributed by atoms with van der Waals surface area (Å²) in [6, 6.07) is 7.57. The number of carbonyl (C=O) groups excluding carboxylic acids is 2. The third kappa shape index (κ3) is 3.75. The number of nitrogens with zero attached hydrogens (tertiary/aromatic N) is 3. The van der Waals surface area contributed by atoms with Gasteiger partial charge in [-0.1, -0.05) is 12.1 Å². The molecule has 1 aliphatic rings. The Hall–Kier alpha value is -2.57. The van der Waals surface area contributed by atoms with Crippen LogP contribution in [0.5, 0.6) is 0 Å². The first-order chi connectivity index (χ1) is 12.0. The van der Waals surface area contributed by atoms with Crippen molar-refractivity contribution in [3.63, 3.8) is 0 Å². The molecule has 2 N–H and O–H groups in total. The molecule has 0 spiro atoms. The number of carbonyl (C=O) groups is 2. The summed E-state index contributed by atoms with van der Waals surface area (Å²) in [6.45, 7) is 4.53. The van der Waals surface area contributed by atoms with Crippen LogP contribution in [0.4, 0.5) is 4.79 Å². The van der Waals surface area contributed by atoms with Crippen molar-refractivity contribution < 1.29 is 9.59 Å². The first-order valence-corrected chi connectivity index (χ1v) is 8.76. The van der Waals surface area contributed by atoms with Crippen LogP contribution in [0.25, 0.3) is 11.0 Å². The SMILES string of the molecule is CCN(C)C(=O)[C@@H](C)NC(=O)NCc1nc2ccccc2n1C1CC1. The zero-order valence-corrected chi connectivity index (χ0v) is 15.0. The van der Waals surface area contributed by atoms with Crippen molar-refractivity contribution >= 4 is 23.0 Å². The van der Waals surface area contributed by atoms with E-state index < -0.39 is 6.04 Å². The lowest BCUT2D eigenvalue weighted by molar-refractivity contribution is -0.131. The summed E-state index contributed by atoms with van der Waals surface area (Å²) in [5.41, 5.74) is 2.05. The maximum Gasteiger partial charge on any atom is 0.315 e. The zero-order chi connectivity index (χ0) is 18.0. The maximum absolute atomic E-state index is 12.1. The maximum atomic E-state index is 12.1. The van der Waals surface area contributed by atoms with Gasteiger partial charge in [-0.05, 0) is 38.8 Å². The molecule has 0 unspecified atom stereocenters. The van der Waals surface area contributed by atoms with Gasteiger partial charge in [0.2, 0.25) is 5.91 Å². The monoisotopic (exact) mass is 343 g/mol. The molecule has 0 saturated heterocycles. The van der Waals surface area contributed by atoms with Gasteiger partial charge in [-0.2, -0.15) is 0 Å². The molecule has 0 aliphatic heterocycles. The van der Waals surface area contributed by atoms with E-state index in [-0.39, 0.29) is 11.9 Å². The molecule has 1 saturated carbocycles. The largest absolute Gasteiger partial charge is 0.344 e. The Morgan fingerprint density at radius 1 is 1.36 bits per heavy atom. The fourth-order valence-electron chi connectivity index (χ4n) is 2.91. The highest BCUT2D eigenvalue weighted by Crippen LogP contribution is 2.38. The number of hydrogen-bond acceptors (Lipinski definition) is 3. The third-order valence-electron chi connectivity index (χ3n) is 4.56. The van der Waals surface area contributed by atoms with Gasteiger partial charge in [-0.3, -0.25) is 4.79 Å². The van der Waals surface area contributed by atoms with Crippen molar-refractivity contribution in [1.82, 2.24) is 25.1 Å². The predicted molar refractivity (Wildman–Crippen MR) is 96.1 cm³/mol. The van der Waals surface area contributed by atoms with Crippen LogP contribution in [0.3, 0.4) is 0 Å². The fourth-order valence-corrected chi connectivity index (χ4v) is 2.91. The topological polar surface area (TPSA) is 79.3 Å². The molecule has 7 heteroatoms. The van der Waals surface area contributed by atoms with Crippen molar-refractivity contribution in [2.75, 3.05) is 13.6 Å². The van der Waals surface area contributed by atoms with Crippen LogP contribution in [-0.4, -0.2) is 46.0 Å². The average Bonchev–Trinajstić information content (AvgIpc) is 3.38. The molecule has 1 aliphatic carbocycles. The van der Waals surface area contributed by atoms with Gasteiger partial charge in [0, 0.05) is 19.6 Å². The van der Waals surface area contributed by atoms with Gasteiger partial charge in [0.15, 0.2) is 0 Å². The molecule has 1 fully saturated rings. The van der Waals surface area contributed by atoms with E-state index in [1.54, 1.807) is 18.9 Å². The lowest BCUT2D eigenvalue weighted by Gasteiger charge is -2.20. The van der Waals surface area contributed by atoms with E-state index in [1.807, 2.05) is 25.1 Å². The number of imidazole rings is 1. The van der Waals surface area contributed by atoms with Crippen LogP contribution >= 0.6 is 0 Å². The number of benzene rings is 1. The number of nitrogens with one attached hydrogen (secondary N) is 2. The third-order valence-corrected chi connectivity index (χ3v) is 4.56. The van der Waals surface area contributed by atoms with E-state index in [0.29, 0.717) is 19.1 Å². The smallest absolute Gasteiger partial charge is 0.315 e. The van der Waals surface area contributed by atoms with Crippen LogP contribution in [0, 0.1) is 0 Å². The number of aromatic nitrogens is 2. The number of amides is 3. The van der Waals surface area contributed by atoms with E-state index in [2.05, 4.69) is 26.3 Å². The minimum absolute atomic E-state index is 0.108. The van der Waals surface area contributed by atoms with Crippen LogP contribution in [0.2, 0.25) is 0 Å². The van der Waals surface area contributed by atoms with Crippen molar-refractivity contribution in [3.05, 3.63) is 30.1 Å². The predicted octanol–water partition coefficient (Wildman–Crippen LogP) is 2.04. The van der Waals surface area contributed by atoms with Gasteiger partial charge in [0.25, 0.3) is 0 Å². The van der Waals surface area contributed by atoms with E-state index in [4.69, 9.17) is 0 Å². The molecule has 7 nitrogen and oxygen atoms in total. The molecule has 134 valence electrons. The molecule has 1 aromatic carbocycles. The molecule has 3 rings (SSSR count). The summed E-state index contributed by atoms with van der Waals surface area (Å²) >= 11 is 0. The number of hydrogen-bond donors (Lipinski definition) is 2. The van der Waals surface area contributed by atoms with E-state index >= 15 is 0 Å². The fraction of sp³-hybridized carbons (Fsp3) is 0.500. The Bertz CT molecular complexity index is 781. The first-order valence-electron chi connectivity index (χ1n) is 8.76. The van der Waals surface area contributed by atoms with Crippen molar-refractivity contribution in [3.8, 4) is 0 Å². The van der Waals surface area contributed by atoms with Gasteiger partial charge >= 0.3 is 6.03 Å². The quantitative estimate of drug-likeness (QED) is 0.842. The molecular formula is C18H25N5O2. The minimum atomic E-state index is -0.563. The summed E-state index contributed by atoms with van der Waals surface area (Å²) in [7, 11) is 1.72. The van der Waals surface area contributed by atoms with Crippen LogP contribution in [0.15, 0.2) is 24.3 Å². The number of rotatable bonds is 6. The molecule has 1 atom stereocenters. The first kappa shape index (κ1) is 17.3. The lowest BCUT2D eigenvalue weighted by Crippen LogP contribution is -2.48. The molecule has 3 amide bonds. The van der Waals surface area contributed by atoms with Crippen LogP contribution < -0.4 is 10.6 Å². The summed E-state index contributed by atoms with van der Waals surface area (Å²) < 4.78 is 2.22. The Morgan fingerprint density at radius 2 is 2.08 bits per heavy atom. The number of para-hydroxylation sites is 2. The zero-order valence-electron chi connectivity index (χ0n) is 15.0. The minimum Gasteiger partial charge on any atom is -0.344 e. The second-order valence-electron chi connectivity index (χ2n) is 6.52. The number of urea groups is 1. The van der Waals surface area contributed by atoms with E-state index in [1.165, 1.54) is 0 Å². The van der Waals surface area contributed by atoms with Crippen molar-refractivity contribution in [1.29, 1.82) is 0 Å². The highest BCUT2D eigenvalue weighted by Gasteiger charge is 2.28. The Kier molecular flexibility index (Phi) is 4.92. The lowest BCUT2D eigenvalue weighted by atomic mass is 10.3. The molecule has 1 heterocycles. The standard InChI is InChI=1S/C18H25N5O2/c1-4-22(3)17(24)12(2)20-18(25)19-11-16-21-14-7-5-6-8-15(14)23(16)13-9-10-13/h5-8,12-13H,4,9-11H2,1-3H3,(H2,19,20,25)/t12-/m1/s1. The molecule has 0 radical (unpaired) electrons. The summed E-state index contributed by atoms with van der Waals surface area (Å²) in [6.07, 6.45) is 2.29. The molecular weight excluding hydrogens is 318 g/mol. The Balaban J connectivity index is 1.64. The second kappa shape index (κ2) is 7.13. The average molecular weight is 343 g/mol. The highest BCUT2D eigenvalue weighted by molar-refractivity contribution is 5.86. The molecule has 1 aromatic heterocycles. The van der Waals surface area contributed by atoms with Crippen molar-refractivity contribution in [2.24, 2.45) is 0 Å². The van der Waals surface area contributed by atoms with Gasteiger partial charge in [0.05, 0.1) is 17.6 Å². The summed E-state index contributed by atoms with van der Waals surface area (Å²) in [4.78, 5) is 30.4. The van der Waals surface area contributed by atoms with Gasteiger partial charge in [-0.15, -0.1) is 0 Å². The van der Waals surface area contributed by atoms with Crippen LogP contribution in [0.1, 0.15) is 38.6 Å². The van der Waals surface area contributed by atoms with E-state index in [0.717, 1.165) is 29.7 Å². The number of likely N-dealkylation sites (N-methyl/N-ethyl adjacent to an activating group) is 1. The second-order valence-corrected chi connectivity index (χ2v) is 6.52. The normalized spacial score (nSPS) is 15.0. The van der Waals surface area contributed by atoms with E-state index in [9.17, 15) is 9.59 Å². The van der Waals surface area contributed by atoms with Gasteiger partial charge < -0.3 is 20.1 Å².